The van der Waals surface area contributed by atoms with E-state index in [1.54, 1.807) is 0 Å². The second kappa shape index (κ2) is 7.44. The summed E-state index contributed by atoms with van der Waals surface area (Å²) in [6, 6.07) is 0. The fourth-order valence-electron chi connectivity index (χ4n) is 1.04. The maximum atomic E-state index is 11.4. The van der Waals surface area contributed by atoms with Gasteiger partial charge in [0, 0.05) is 19.4 Å². The van der Waals surface area contributed by atoms with E-state index in [1.807, 2.05) is 20.8 Å². The van der Waals surface area contributed by atoms with E-state index >= 15 is 0 Å². The molecule has 0 atom stereocenters. The Morgan fingerprint density at radius 2 is 1.68 bits per heavy atom. The van der Waals surface area contributed by atoms with Gasteiger partial charge in [0.05, 0.1) is 0 Å². The van der Waals surface area contributed by atoms with E-state index in [0.717, 1.165) is 0 Å². The third-order valence-electron chi connectivity index (χ3n) is 2.00. The molecule has 7 nitrogen and oxygen atoms in total. The molecule has 19 heavy (non-hydrogen) atoms. The van der Waals surface area contributed by atoms with Crippen molar-refractivity contribution in [2.24, 2.45) is 5.41 Å². The number of carbonyl (C=O) groups excluding carboxylic acids is 1. The predicted molar refractivity (Wildman–Crippen MR) is 68.6 cm³/mol. The quantitative estimate of drug-likeness (QED) is 0.648. The van der Waals surface area contributed by atoms with Crippen LogP contribution < -0.4 is 4.72 Å². The molecule has 0 amide bonds. The van der Waals surface area contributed by atoms with Crippen LogP contribution in [0.4, 0.5) is 0 Å². The van der Waals surface area contributed by atoms with Crippen LogP contribution in [0.15, 0.2) is 0 Å². The molecule has 0 fully saturated rings. The van der Waals surface area contributed by atoms with Crippen molar-refractivity contribution >= 4 is 22.2 Å². The summed E-state index contributed by atoms with van der Waals surface area (Å²) in [5, 5.41) is 8.39. The van der Waals surface area contributed by atoms with E-state index in [1.165, 1.54) is 0 Å². The van der Waals surface area contributed by atoms with Gasteiger partial charge in [0.2, 0.25) is 0 Å². The fraction of sp³-hybridized carbons (Fsp3) is 0.818. The minimum absolute atomic E-state index is 0.0533. The summed E-state index contributed by atoms with van der Waals surface area (Å²) in [4.78, 5) is 21.5. The van der Waals surface area contributed by atoms with Crippen molar-refractivity contribution in [1.82, 2.24) is 4.72 Å². The van der Waals surface area contributed by atoms with Crippen molar-refractivity contribution in [3.8, 4) is 0 Å². The van der Waals surface area contributed by atoms with E-state index in [2.05, 4.69) is 8.91 Å². The summed E-state index contributed by atoms with van der Waals surface area (Å²) in [5.74, 6) is -1.83. The number of hydrogen-bond donors (Lipinski definition) is 2. The summed E-state index contributed by atoms with van der Waals surface area (Å²) < 4.78 is 29.2. The molecular weight excluding hydrogens is 274 g/mol. The van der Waals surface area contributed by atoms with E-state index in [4.69, 9.17) is 5.11 Å². The largest absolute Gasteiger partial charge is 0.481 e. The normalized spacial score (nSPS) is 12.2. The molecule has 0 heterocycles. The van der Waals surface area contributed by atoms with Crippen molar-refractivity contribution < 1.29 is 27.3 Å². The SMILES string of the molecule is CC(C)(C)CNS(=O)(=O)OC(=O)CCCCC(=O)O. The number of rotatable bonds is 8. The molecule has 2 N–H and O–H groups in total. The molecule has 0 aromatic rings. The highest BCUT2D eigenvalue weighted by Crippen LogP contribution is 2.11. The molecule has 112 valence electrons. The first-order chi connectivity index (χ1) is 8.52. The number of carboxylic acid groups (broad SMARTS) is 1. The van der Waals surface area contributed by atoms with Gasteiger partial charge in [-0.25, -0.2) is 0 Å². The Hall–Kier alpha value is -1.15. The lowest BCUT2D eigenvalue weighted by Crippen LogP contribution is -2.34. The average molecular weight is 295 g/mol. The number of nitrogens with one attached hydrogen (secondary N) is 1. The molecule has 0 rings (SSSR count). The van der Waals surface area contributed by atoms with Gasteiger partial charge in [0.15, 0.2) is 0 Å². The number of carbonyl (C=O) groups is 2. The van der Waals surface area contributed by atoms with Crippen LogP contribution in [0.5, 0.6) is 0 Å². The van der Waals surface area contributed by atoms with Gasteiger partial charge in [-0.1, -0.05) is 20.8 Å². The van der Waals surface area contributed by atoms with Gasteiger partial charge in [-0.2, -0.15) is 13.1 Å². The van der Waals surface area contributed by atoms with Crippen molar-refractivity contribution in [1.29, 1.82) is 0 Å². The summed E-state index contributed by atoms with van der Waals surface area (Å²) in [5.41, 5.74) is -0.263. The van der Waals surface area contributed by atoms with Crippen LogP contribution in [-0.4, -0.2) is 32.0 Å². The lowest BCUT2D eigenvalue weighted by atomic mass is 9.98. The maximum absolute atomic E-state index is 11.4. The van der Waals surface area contributed by atoms with Crippen molar-refractivity contribution in [2.45, 2.75) is 46.5 Å². The molecule has 0 saturated carbocycles. The van der Waals surface area contributed by atoms with Crippen molar-refractivity contribution in [2.75, 3.05) is 6.54 Å². The van der Waals surface area contributed by atoms with Gasteiger partial charge in [0.1, 0.15) is 0 Å². The summed E-state index contributed by atoms with van der Waals surface area (Å²) in [7, 11) is -4.08. The summed E-state index contributed by atoms with van der Waals surface area (Å²) >= 11 is 0. The Balaban J connectivity index is 4.00. The third kappa shape index (κ3) is 11.7. The molecule has 0 aliphatic carbocycles. The Bertz CT molecular complexity index is 409. The third-order valence-corrected chi connectivity index (χ3v) is 2.91. The van der Waals surface area contributed by atoms with Crippen LogP contribution in [0, 0.1) is 5.41 Å². The molecule has 8 heteroatoms. The maximum Gasteiger partial charge on any atom is 0.385 e. The van der Waals surface area contributed by atoms with Gasteiger partial charge in [-0.3, -0.25) is 9.59 Å². The van der Waals surface area contributed by atoms with E-state index in [0.29, 0.717) is 6.42 Å². The Labute approximate surface area is 113 Å². The number of hydrogen-bond acceptors (Lipinski definition) is 5. The molecular formula is C11H21NO6S. The highest BCUT2D eigenvalue weighted by molar-refractivity contribution is 7.85. The van der Waals surface area contributed by atoms with Gasteiger partial charge in [-0.15, -0.1) is 0 Å². The zero-order valence-electron chi connectivity index (χ0n) is 11.4. The predicted octanol–water partition coefficient (Wildman–Crippen LogP) is 1.06. The smallest absolute Gasteiger partial charge is 0.385 e. The Kier molecular flexibility index (Phi) is 6.99. The van der Waals surface area contributed by atoms with Crippen molar-refractivity contribution in [3.63, 3.8) is 0 Å². The van der Waals surface area contributed by atoms with Gasteiger partial charge in [-0.05, 0) is 18.3 Å². The van der Waals surface area contributed by atoms with Gasteiger partial charge >= 0.3 is 22.2 Å². The highest BCUT2D eigenvalue weighted by atomic mass is 32.2. The van der Waals surface area contributed by atoms with Gasteiger partial charge < -0.3 is 9.29 Å². The first kappa shape index (κ1) is 17.8. The minimum Gasteiger partial charge on any atom is -0.481 e. The van der Waals surface area contributed by atoms with E-state index in [-0.39, 0.29) is 31.2 Å². The molecule has 0 bridgehead atoms. The van der Waals surface area contributed by atoms with Crippen molar-refractivity contribution in [3.05, 3.63) is 0 Å². The molecule has 0 unspecified atom stereocenters. The molecule has 0 aliphatic rings. The van der Waals surface area contributed by atoms with Crippen LogP contribution >= 0.6 is 0 Å². The van der Waals surface area contributed by atoms with Gasteiger partial charge in [0.25, 0.3) is 0 Å². The average Bonchev–Trinajstić information content (AvgIpc) is 2.20. The molecule has 0 aliphatic heterocycles. The zero-order chi connectivity index (χ0) is 15.1. The summed E-state index contributed by atoms with van der Waals surface area (Å²) in [6.45, 7) is 5.66. The first-order valence-corrected chi connectivity index (χ1v) is 7.36. The second-order valence-corrected chi connectivity index (χ2v) is 6.76. The fourth-order valence-corrected chi connectivity index (χ4v) is 2.04. The lowest BCUT2D eigenvalue weighted by molar-refractivity contribution is -0.138. The standard InChI is InChI=1S/C11H21NO6S/c1-11(2,3)8-12-19(16,17)18-10(15)7-5-4-6-9(13)14/h12H,4-8H2,1-3H3,(H,13,14). The molecule has 0 radical (unpaired) electrons. The summed E-state index contributed by atoms with van der Waals surface area (Å²) in [6.07, 6.45) is 0.409. The molecule has 0 saturated heterocycles. The van der Waals surface area contributed by atoms with Crippen LogP contribution in [0.25, 0.3) is 0 Å². The van der Waals surface area contributed by atoms with Crippen LogP contribution in [0.3, 0.4) is 0 Å². The monoisotopic (exact) mass is 295 g/mol. The van der Waals surface area contributed by atoms with Crippen LogP contribution in [0.2, 0.25) is 0 Å². The topological polar surface area (TPSA) is 110 Å². The molecule has 0 aromatic heterocycles. The number of carboxylic acids is 1. The highest BCUT2D eigenvalue weighted by Gasteiger charge is 2.20. The molecule has 0 spiro atoms. The molecule has 0 aromatic carbocycles. The zero-order valence-corrected chi connectivity index (χ0v) is 12.2. The van der Waals surface area contributed by atoms with Crippen LogP contribution in [0.1, 0.15) is 46.5 Å². The number of aliphatic carboxylic acids is 1. The van der Waals surface area contributed by atoms with Crippen LogP contribution in [-0.2, 0) is 24.1 Å². The van der Waals surface area contributed by atoms with E-state index < -0.39 is 22.2 Å². The Morgan fingerprint density at radius 3 is 2.16 bits per heavy atom. The van der Waals surface area contributed by atoms with E-state index in [9.17, 15) is 18.0 Å². The first-order valence-electron chi connectivity index (χ1n) is 5.95. The Morgan fingerprint density at radius 1 is 1.16 bits per heavy atom. The lowest BCUT2D eigenvalue weighted by Gasteiger charge is -2.18. The minimum atomic E-state index is -4.08. The number of unbranched alkanes of at least 4 members (excludes halogenated alkanes) is 1. The second-order valence-electron chi connectivity index (χ2n) is 5.39.